The molecule has 2 amide bonds. The number of hydrogen-bond acceptors (Lipinski definition) is 6. The van der Waals surface area contributed by atoms with Gasteiger partial charge in [-0.2, -0.15) is 0 Å². The Hall–Kier alpha value is -3.98. The van der Waals surface area contributed by atoms with Crippen molar-refractivity contribution in [3.8, 4) is 17.0 Å². The van der Waals surface area contributed by atoms with Crippen molar-refractivity contribution >= 4 is 40.0 Å². The molecule has 0 aliphatic carbocycles. The molecule has 4 rings (SSSR count). The van der Waals surface area contributed by atoms with Crippen LogP contribution in [0.15, 0.2) is 77.8 Å². The van der Waals surface area contributed by atoms with Gasteiger partial charge in [0.1, 0.15) is 22.3 Å². The van der Waals surface area contributed by atoms with Gasteiger partial charge in [0.2, 0.25) is 11.8 Å². The number of benzene rings is 3. The highest BCUT2D eigenvalue weighted by atomic mass is 32.2. The Morgan fingerprint density at radius 2 is 1.66 bits per heavy atom. The van der Waals surface area contributed by atoms with Gasteiger partial charge in [-0.25, -0.2) is 4.39 Å². The molecule has 3 aromatic carbocycles. The third-order valence-corrected chi connectivity index (χ3v) is 6.34. The number of fused-ring (bicyclic) bond motifs is 1. The van der Waals surface area contributed by atoms with E-state index in [1.807, 2.05) is 24.3 Å². The number of hydrogen-bond donors (Lipinski definition) is 1. The number of methoxy groups -OCH3 is 1. The number of halogens is 1. The Bertz CT molecular complexity index is 1350. The highest BCUT2D eigenvalue weighted by molar-refractivity contribution is 8.00. The maximum absolute atomic E-state index is 13.4. The van der Waals surface area contributed by atoms with Crippen molar-refractivity contribution in [2.45, 2.75) is 11.4 Å². The summed E-state index contributed by atoms with van der Waals surface area (Å²) in [5.74, 6) is -0.269. The number of rotatable bonds is 9. The third-order valence-electron chi connectivity index (χ3n) is 5.37. The van der Waals surface area contributed by atoms with Gasteiger partial charge in [-0.1, -0.05) is 36.0 Å². The van der Waals surface area contributed by atoms with Crippen LogP contribution < -0.4 is 15.4 Å². The molecule has 0 saturated carbocycles. The van der Waals surface area contributed by atoms with Crippen molar-refractivity contribution in [3.63, 3.8) is 0 Å². The van der Waals surface area contributed by atoms with E-state index in [4.69, 9.17) is 10.5 Å². The molecule has 2 N–H and O–H groups in total. The monoisotopic (exact) mass is 490 g/mol. The number of nitrogens with two attached hydrogens (primary N) is 1. The van der Waals surface area contributed by atoms with Crippen LogP contribution in [0.25, 0.3) is 22.0 Å². The van der Waals surface area contributed by atoms with Crippen LogP contribution >= 0.6 is 11.8 Å². The summed E-state index contributed by atoms with van der Waals surface area (Å²) in [7, 11) is 1.56. The predicted octanol–water partition coefficient (Wildman–Crippen LogP) is 4.45. The Kier molecular flexibility index (Phi) is 7.57. The molecular weight excluding hydrogens is 467 g/mol. The van der Waals surface area contributed by atoms with Crippen molar-refractivity contribution in [3.05, 3.63) is 78.6 Å². The molecule has 0 atom stereocenters. The number of primary amides is 1. The summed E-state index contributed by atoms with van der Waals surface area (Å²) in [5.41, 5.74) is 7.35. The van der Waals surface area contributed by atoms with Crippen molar-refractivity contribution in [1.82, 2.24) is 10.2 Å². The molecule has 35 heavy (non-hydrogen) atoms. The molecule has 0 spiro atoms. The summed E-state index contributed by atoms with van der Waals surface area (Å²) in [6.07, 6.45) is 0.0392. The van der Waals surface area contributed by atoms with Gasteiger partial charge in [-0.15, -0.1) is 10.2 Å². The van der Waals surface area contributed by atoms with Gasteiger partial charge < -0.3 is 15.4 Å². The Balaban J connectivity index is 1.58. The summed E-state index contributed by atoms with van der Waals surface area (Å²) in [6.45, 7) is 0.164. The summed E-state index contributed by atoms with van der Waals surface area (Å²) in [6, 6.07) is 20.7. The minimum atomic E-state index is -0.489. The number of carbonyl (C=O) groups is 2. The number of anilines is 1. The number of carbonyl (C=O) groups excluding carboxylic acids is 2. The number of nitrogens with zero attached hydrogens (tertiary/aromatic N) is 3. The van der Waals surface area contributed by atoms with E-state index in [2.05, 4.69) is 10.2 Å². The summed E-state index contributed by atoms with van der Waals surface area (Å²) in [5, 5.41) is 11.0. The summed E-state index contributed by atoms with van der Waals surface area (Å²) in [4.78, 5) is 26.1. The van der Waals surface area contributed by atoms with Crippen LogP contribution in [0.1, 0.15) is 6.42 Å². The van der Waals surface area contributed by atoms with Gasteiger partial charge in [0.25, 0.3) is 0 Å². The molecule has 0 bridgehead atoms. The lowest BCUT2D eigenvalue weighted by Crippen LogP contribution is -2.35. The zero-order chi connectivity index (χ0) is 24.8. The standard InChI is InChI=1S/C26H23FN4O3S/c1-34-20-12-10-19(11-13-20)31(15-14-23(28)32)24(33)16-35-26-22-5-3-2-4-21(22)25(29-30-26)17-6-8-18(27)9-7-17/h2-13H,14-16H2,1H3,(H2,28,32). The first-order chi connectivity index (χ1) is 17.0. The molecule has 0 radical (unpaired) electrons. The second-order valence-electron chi connectivity index (χ2n) is 7.65. The first-order valence-electron chi connectivity index (χ1n) is 10.8. The molecule has 0 fully saturated rings. The van der Waals surface area contributed by atoms with Crippen LogP contribution in [0.4, 0.5) is 10.1 Å². The number of thioether (sulfide) groups is 1. The average Bonchev–Trinajstić information content (AvgIpc) is 2.88. The lowest BCUT2D eigenvalue weighted by Gasteiger charge is -2.22. The van der Waals surface area contributed by atoms with Crippen molar-refractivity contribution in [1.29, 1.82) is 0 Å². The number of aromatic nitrogens is 2. The Labute approximate surface area is 206 Å². The van der Waals surface area contributed by atoms with Crippen molar-refractivity contribution < 1.29 is 18.7 Å². The highest BCUT2D eigenvalue weighted by Gasteiger charge is 2.19. The van der Waals surface area contributed by atoms with Gasteiger partial charge in [-0.3, -0.25) is 9.59 Å². The molecule has 178 valence electrons. The summed E-state index contributed by atoms with van der Waals surface area (Å²) >= 11 is 1.26. The van der Waals surface area contributed by atoms with Gasteiger partial charge in [-0.05, 0) is 48.5 Å². The first kappa shape index (κ1) is 24.2. The SMILES string of the molecule is COc1ccc(N(CCC(N)=O)C(=O)CSc2nnc(-c3ccc(F)cc3)c3ccccc23)cc1. The topological polar surface area (TPSA) is 98.4 Å². The second-order valence-corrected chi connectivity index (χ2v) is 8.62. The molecule has 0 aliphatic rings. The third kappa shape index (κ3) is 5.75. The first-order valence-corrected chi connectivity index (χ1v) is 11.8. The maximum Gasteiger partial charge on any atom is 0.237 e. The van der Waals surface area contributed by atoms with Crippen LogP contribution in [0.2, 0.25) is 0 Å². The van der Waals surface area contributed by atoms with Crippen LogP contribution in [-0.2, 0) is 9.59 Å². The lowest BCUT2D eigenvalue weighted by molar-refractivity contribution is -0.118. The van der Waals surface area contributed by atoms with E-state index in [-0.39, 0.29) is 30.4 Å². The number of amides is 2. The smallest absolute Gasteiger partial charge is 0.237 e. The minimum absolute atomic E-state index is 0.0392. The van der Waals surface area contributed by atoms with Crippen LogP contribution in [0, 0.1) is 5.82 Å². The quantitative estimate of drug-likeness (QED) is 0.348. The van der Waals surface area contributed by atoms with E-state index in [0.29, 0.717) is 22.2 Å². The molecule has 1 aromatic heterocycles. The molecule has 0 saturated heterocycles. The normalized spacial score (nSPS) is 10.8. The fourth-order valence-corrected chi connectivity index (χ4v) is 4.44. The second kappa shape index (κ2) is 11.0. The van der Waals surface area contributed by atoms with Crippen molar-refractivity contribution in [2.75, 3.05) is 24.3 Å². The van der Waals surface area contributed by atoms with Crippen LogP contribution in [-0.4, -0.2) is 41.4 Å². The largest absolute Gasteiger partial charge is 0.497 e. The van der Waals surface area contributed by atoms with Gasteiger partial charge in [0.05, 0.1) is 12.9 Å². The minimum Gasteiger partial charge on any atom is -0.497 e. The van der Waals surface area contributed by atoms with E-state index < -0.39 is 5.91 Å². The Morgan fingerprint density at radius 1 is 0.971 bits per heavy atom. The van der Waals surface area contributed by atoms with Crippen molar-refractivity contribution in [2.24, 2.45) is 5.73 Å². The zero-order valence-corrected chi connectivity index (χ0v) is 19.8. The van der Waals surface area contributed by atoms with Gasteiger partial charge >= 0.3 is 0 Å². The Morgan fingerprint density at radius 3 is 2.31 bits per heavy atom. The van der Waals surface area contributed by atoms with E-state index >= 15 is 0 Å². The molecule has 1 heterocycles. The zero-order valence-electron chi connectivity index (χ0n) is 19.0. The van der Waals surface area contributed by atoms with Crippen LogP contribution in [0.3, 0.4) is 0 Å². The fourth-order valence-electron chi connectivity index (χ4n) is 3.60. The van der Waals surface area contributed by atoms with E-state index in [0.717, 1.165) is 16.3 Å². The van der Waals surface area contributed by atoms with Gasteiger partial charge in [0, 0.05) is 35.0 Å². The molecule has 7 nitrogen and oxygen atoms in total. The molecule has 4 aromatic rings. The lowest BCUT2D eigenvalue weighted by atomic mass is 10.1. The van der Waals surface area contributed by atoms with E-state index in [9.17, 15) is 14.0 Å². The van der Waals surface area contributed by atoms with Gasteiger partial charge in [0.15, 0.2) is 0 Å². The maximum atomic E-state index is 13.4. The predicted molar refractivity (Wildman–Crippen MR) is 135 cm³/mol. The van der Waals surface area contributed by atoms with E-state index in [1.165, 1.54) is 28.8 Å². The molecule has 9 heteroatoms. The summed E-state index contributed by atoms with van der Waals surface area (Å²) < 4.78 is 18.6. The average molecular weight is 491 g/mol. The molecular formula is C26H23FN4O3S. The molecule has 0 unspecified atom stereocenters. The van der Waals surface area contributed by atoms with E-state index in [1.54, 1.807) is 43.5 Å². The highest BCUT2D eigenvalue weighted by Crippen LogP contribution is 2.32. The van der Waals surface area contributed by atoms with Crippen LogP contribution in [0.5, 0.6) is 5.75 Å². The number of ether oxygens (including phenoxy) is 1. The fraction of sp³-hybridized carbons (Fsp3) is 0.154. The molecule has 0 aliphatic heterocycles.